The summed E-state index contributed by atoms with van der Waals surface area (Å²) in [6.07, 6.45) is 3.20. The number of aromatic amines is 1. The molecule has 0 spiro atoms. The maximum atomic E-state index is 12.5. The summed E-state index contributed by atoms with van der Waals surface area (Å²) in [5.74, 6) is 0.817. The summed E-state index contributed by atoms with van der Waals surface area (Å²) in [6.45, 7) is 3.47. The van der Waals surface area contributed by atoms with Crippen molar-refractivity contribution >= 4 is 17.8 Å². The van der Waals surface area contributed by atoms with Gasteiger partial charge in [0.2, 0.25) is 5.78 Å². The molecule has 1 N–H and O–H groups in total. The topological polar surface area (TPSA) is 68.4 Å². The van der Waals surface area contributed by atoms with E-state index in [0.717, 1.165) is 11.3 Å². The fraction of sp³-hybridized carbons (Fsp3) is 0.130. The highest BCUT2D eigenvalue weighted by molar-refractivity contribution is 6.08. The Morgan fingerprint density at radius 2 is 1.57 bits per heavy atom. The number of H-pyrrole nitrogens is 1. The van der Waals surface area contributed by atoms with Crippen LogP contribution in [0.2, 0.25) is 0 Å². The first-order valence-electron chi connectivity index (χ1n) is 8.82. The number of ketones is 1. The number of carbonyl (C=O) groups is 2. The van der Waals surface area contributed by atoms with E-state index < -0.39 is 5.97 Å². The second-order valence-electron chi connectivity index (χ2n) is 6.30. The highest BCUT2D eigenvalue weighted by Gasteiger charge is 2.21. The van der Waals surface area contributed by atoms with Crippen molar-refractivity contribution in [1.29, 1.82) is 0 Å². The minimum absolute atomic E-state index is 0.208. The number of rotatable bonds is 6. The van der Waals surface area contributed by atoms with Crippen molar-refractivity contribution in [3.05, 3.63) is 88.8 Å². The second kappa shape index (κ2) is 8.39. The number of nitrogens with one attached hydrogen (secondary N) is 1. The van der Waals surface area contributed by atoms with Gasteiger partial charge in [0.1, 0.15) is 11.5 Å². The van der Waals surface area contributed by atoms with Gasteiger partial charge in [0, 0.05) is 5.69 Å². The zero-order valence-corrected chi connectivity index (χ0v) is 16.0. The number of carbonyl (C=O) groups excluding carboxylic acids is 2. The summed E-state index contributed by atoms with van der Waals surface area (Å²) in [5.41, 5.74) is 2.86. The molecule has 0 unspecified atom stereocenters. The smallest absolute Gasteiger partial charge is 0.339 e. The van der Waals surface area contributed by atoms with Crippen LogP contribution in [0.25, 0.3) is 6.08 Å². The van der Waals surface area contributed by atoms with E-state index in [1.807, 2.05) is 54.6 Å². The maximum Gasteiger partial charge on any atom is 0.339 e. The quantitative estimate of drug-likeness (QED) is 0.369. The first kappa shape index (κ1) is 19.2. The number of esters is 1. The number of hydrogen-bond acceptors (Lipinski definition) is 4. The maximum absolute atomic E-state index is 12.5. The number of para-hydroxylation sites is 1. The van der Waals surface area contributed by atoms with E-state index in [9.17, 15) is 9.59 Å². The molecule has 0 aliphatic carbocycles. The first-order chi connectivity index (χ1) is 13.5. The van der Waals surface area contributed by atoms with Crippen LogP contribution in [-0.4, -0.2) is 23.8 Å². The molecule has 0 radical (unpaired) electrons. The fourth-order valence-electron chi connectivity index (χ4n) is 2.93. The number of methoxy groups -OCH3 is 1. The summed E-state index contributed by atoms with van der Waals surface area (Å²) in [7, 11) is 1.32. The molecule has 2 aromatic carbocycles. The van der Waals surface area contributed by atoms with E-state index in [1.54, 1.807) is 19.9 Å². The van der Waals surface area contributed by atoms with Crippen molar-refractivity contribution in [2.75, 3.05) is 7.11 Å². The van der Waals surface area contributed by atoms with Gasteiger partial charge in [0.05, 0.1) is 18.4 Å². The number of allylic oxidation sites excluding steroid dienone is 1. The van der Waals surface area contributed by atoms with Crippen molar-refractivity contribution in [3.63, 3.8) is 0 Å². The lowest BCUT2D eigenvalue weighted by Crippen LogP contribution is -2.04. The van der Waals surface area contributed by atoms with E-state index in [-0.39, 0.29) is 5.78 Å². The number of ether oxygens (including phenoxy) is 2. The molecule has 1 aromatic heterocycles. The van der Waals surface area contributed by atoms with Crippen molar-refractivity contribution in [3.8, 4) is 11.5 Å². The van der Waals surface area contributed by atoms with Gasteiger partial charge in [-0.15, -0.1) is 0 Å². The molecule has 0 saturated heterocycles. The Bertz CT molecular complexity index is 1010. The molecular weight excluding hydrogens is 354 g/mol. The Morgan fingerprint density at radius 3 is 2.21 bits per heavy atom. The predicted octanol–water partition coefficient (Wildman–Crippen LogP) is 5.11. The van der Waals surface area contributed by atoms with Crippen LogP contribution in [0.4, 0.5) is 0 Å². The minimum atomic E-state index is -0.455. The van der Waals surface area contributed by atoms with Crippen LogP contribution in [0.15, 0.2) is 60.7 Å². The lowest BCUT2D eigenvalue weighted by atomic mass is 10.1. The molecule has 0 bridgehead atoms. The molecule has 5 nitrogen and oxygen atoms in total. The fourth-order valence-corrected chi connectivity index (χ4v) is 2.93. The number of aryl methyl sites for hydroxylation is 1. The Kier molecular flexibility index (Phi) is 5.75. The zero-order chi connectivity index (χ0) is 20.1. The van der Waals surface area contributed by atoms with E-state index in [2.05, 4.69) is 4.98 Å². The third-order valence-corrected chi connectivity index (χ3v) is 4.36. The molecule has 28 heavy (non-hydrogen) atoms. The van der Waals surface area contributed by atoms with Gasteiger partial charge in [-0.1, -0.05) is 36.4 Å². The Labute approximate surface area is 163 Å². The minimum Gasteiger partial charge on any atom is -0.465 e. The predicted molar refractivity (Wildman–Crippen MR) is 108 cm³/mol. The first-order valence-corrected chi connectivity index (χ1v) is 8.82. The molecule has 0 fully saturated rings. The van der Waals surface area contributed by atoms with Crippen LogP contribution in [0.3, 0.4) is 0 Å². The van der Waals surface area contributed by atoms with Gasteiger partial charge < -0.3 is 14.5 Å². The zero-order valence-electron chi connectivity index (χ0n) is 16.0. The highest BCUT2D eigenvalue weighted by atomic mass is 16.5. The largest absolute Gasteiger partial charge is 0.465 e. The molecule has 1 heterocycles. The van der Waals surface area contributed by atoms with Crippen molar-refractivity contribution in [1.82, 2.24) is 4.98 Å². The lowest BCUT2D eigenvalue weighted by Gasteiger charge is -2.05. The summed E-state index contributed by atoms with van der Waals surface area (Å²) in [4.78, 5) is 27.4. The van der Waals surface area contributed by atoms with E-state index in [1.165, 1.54) is 13.2 Å². The highest BCUT2D eigenvalue weighted by Crippen LogP contribution is 2.22. The van der Waals surface area contributed by atoms with Gasteiger partial charge in [-0.2, -0.15) is 0 Å². The molecule has 3 aromatic rings. The second-order valence-corrected chi connectivity index (χ2v) is 6.30. The average Bonchev–Trinajstić information content (AvgIpc) is 3.01. The third kappa shape index (κ3) is 4.20. The monoisotopic (exact) mass is 375 g/mol. The van der Waals surface area contributed by atoms with Gasteiger partial charge in [-0.3, -0.25) is 4.79 Å². The summed E-state index contributed by atoms with van der Waals surface area (Å²) in [6, 6.07) is 16.9. The lowest BCUT2D eigenvalue weighted by molar-refractivity contribution is 0.0599. The van der Waals surface area contributed by atoms with E-state index >= 15 is 0 Å². The standard InChI is InChI=1S/C23H21NO4/c1-15-21(23(26)27-3)16(2)24-22(15)20(25)14-11-17-9-12-19(13-10-17)28-18-7-5-4-6-8-18/h4-14,24H,1-3H3/b14-11+. The molecule has 0 saturated carbocycles. The van der Waals surface area contributed by atoms with Gasteiger partial charge >= 0.3 is 5.97 Å². The molecule has 0 amide bonds. The average molecular weight is 375 g/mol. The molecule has 5 heteroatoms. The van der Waals surface area contributed by atoms with Crippen LogP contribution in [0, 0.1) is 13.8 Å². The third-order valence-electron chi connectivity index (χ3n) is 4.36. The number of hydrogen-bond donors (Lipinski definition) is 1. The molecule has 0 aliphatic heterocycles. The SMILES string of the molecule is COC(=O)c1c(C)[nH]c(C(=O)/C=C/c2ccc(Oc3ccccc3)cc2)c1C. The van der Waals surface area contributed by atoms with Gasteiger partial charge in [-0.05, 0) is 55.3 Å². The number of aromatic nitrogens is 1. The molecule has 142 valence electrons. The molecular formula is C23H21NO4. The van der Waals surface area contributed by atoms with Gasteiger partial charge in [0.25, 0.3) is 0 Å². The molecule has 3 rings (SSSR count). The van der Waals surface area contributed by atoms with Crippen LogP contribution < -0.4 is 4.74 Å². The Hall–Kier alpha value is -3.60. The van der Waals surface area contributed by atoms with Gasteiger partial charge in [0.15, 0.2) is 0 Å². The summed E-state index contributed by atoms with van der Waals surface area (Å²) >= 11 is 0. The van der Waals surface area contributed by atoms with Crippen LogP contribution in [0.5, 0.6) is 11.5 Å². The van der Waals surface area contributed by atoms with E-state index in [0.29, 0.717) is 28.3 Å². The normalized spacial score (nSPS) is 10.8. The molecule has 0 aliphatic rings. The van der Waals surface area contributed by atoms with Gasteiger partial charge in [-0.25, -0.2) is 4.79 Å². The summed E-state index contributed by atoms with van der Waals surface area (Å²) < 4.78 is 10.5. The number of benzene rings is 2. The summed E-state index contributed by atoms with van der Waals surface area (Å²) in [5, 5.41) is 0. The van der Waals surface area contributed by atoms with Crippen molar-refractivity contribution in [2.24, 2.45) is 0 Å². The van der Waals surface area contributed by atoms with Crippen LogP contribution in [-0.2, 0) is 4.74 Å². The Morgan fingerprint density at radius 1 is 0.929 bits per heavy atom. The van der Waals surface area contributed by atoms with Crippen molar-refractivity contribution in [2.45, 2.75) is 13.8 Å². The van der Waals surface area contributed by atoms with E-state index in [4.69, 9.17) is 9.47 Å². The molecule has 0 atom stereocenters. The van der Waals surface area contributed by atoms with Crippen molar-refractivity contribution < 1.29 is 19.1 Å². The Balaban J connectivity index is 1.72. The van der Waals surface area contributed by atoms with Crippen LogP contribution >= 0.6 is 0 Å². The van der Waals surface area contributed by atoms with Crippen LogP contribution in [0.1, 0.15) is 37.7 Å².